The molecule has 0 aromatic carbocycles. The number of halogens is 1. The van der Waals surface area contributed by atoms with Crippen molar-refractivity contribution in [1.82, 2.24) is 0 Å². The topological polar surface area (TPSA) is 20.2 Å². The van der Waals surface area contributed by atoms with Crippen LogP contribution < -0.4 is 0 Å². The molecule has 1 N–H and O–H groups in total. The van der Waals surface area contributed by atoms with E-state index in [9.17, 15) is 5.11 Å². The first-order valence-corrected chi connectivity index (χ1v) is 6.14. The van der Waals surface area contributed by atoms with Crippen molar-refractivity contribution in [2.24, 2.45) is 11.8 Å². The standard InChI is InChI=1S/C10H13BrOS/c1-5-3-7(5)10(12)8-4-9(11)13-6(8)2/h4-5,7,10,12H,3H2,1-2H3. The number of aliphatic hydroxyl groups excluding tert-OH is 1. The Hall–Kier alpha value is 0.140. The molecule has 0 amide bonds. The Morgan fingerprint density at radius 1 is 1.69 bits per heavy atom. The molecular weight excluding hydrogens is 248 g/mol. The van der Waals surface area contributed by atoms with Crippen molar-refractivity contribution in [2.45, 2.75) is 26.4 Å². The quantitative estimate of drug-likeness (QED) is 0.863. The van der Waals surface area contributed by atoms with E-state index in [2.05, 4.69) is 35.8 Å². The fourth-order valence-electron chi connectivity index (χ4n) is 1.77. The fourth-order valence-corrected chi connectivity index (χ4v) is 3.52. The lowest BCUT2D eigenvalue weighted by Gasteiger charge is -2.08. The summed E-state index contributed by atoms with van der Waals surface area (Å²) in [7, 11) is 0. The molecule has 0 aliphatic heterocycles. The van der Waals surface area contributed by atoms with Crippen LogP contribution in [-0.2, 0) is 0 Å². The van der Waals surface area contributed by atoms with Crippen molar-refractivity contribution in [3.63, 3.8) is 0 Å². The maximum absolute atomic E-state index is 10.0. The first-order valence-electron chi connectivity index (χ1n) is 4.53. The highest BCUT2D eigenvalue weighted by atomic mass is 79.9. The average Bonchev–Trinajstić information content (AvgIpc) is 2.67. The normalized spacial score (nSPS) is 28.9. The Labute approximate surface area is 90.9 Å². The first kappa shape index (κ1) is 9.69. The molecule has 1 saturated carbocycles. The minimum atomic E-state index is -0.238. The number of hydrogen-bond donors (Lipinski definition) is 1. The van der Waals surface area contributed by atoms with Gasteiger partial charge in [-0.25, -0.2) is 0 Å². The molecule has 3 heteroatoms. The van der Waals surface area contributed by atoms with Crippen molar-refractivity contribution < 1.29 is 5.11 Å². The van der Waals surface area contributed by atoms with Crippen LogP contribution in [-0.4, -0.2) is 5.11 Å². The van der Waals surface area contributed by atoms with E-state index in [1.54, 1.807) is 11.3 Å². The highest BCUT2D eigenvalue weighted by Crippen LogP contribution is 2.48. The van der Waals surface area contributed by atoms with Crippen LogP contribution in [0.5, 0.6) is 0 Å². The Bertz CT molecular complexity index is 321. The lowest BCUT2D eigenvalue weighted by molar-refractivity contribution is 0.148. The van der Waals surface area contributed by atoms with E-state index in [4.69, 9.17) is 0 Å². The van der Waals surface area contributed by atoms with Crippen LogP contribution in [0.2, 0.25) is 0 Å². The van der Waals surface area contributed by atoms with Crippen molar-refractivity contribution in [1.29, 1.82) is 0 Å². The van der Waals surface area contributed by atoms with E-state index in [1.807, 2.05) is 0 Å². The van der Waals surface area contributed by atoms with Crippen LogP contribution in [0.1, 0.15) is 29.9 Å². The lowest BCUT2D eigenvalue weighted by Crippen LogP contribution is -2.00. The molecular formula is C10H13BrOS. The monoisotopic (exact) mass is 260 g/mol. The molecule has 3 unspecified atom stereocenters. The predicted molar refractivity (Wildman–Crippen MR) is 59.0 cm³/mol. The molecule has 1 aliphatic rings. The maximum Gasteiger partial charge on any atom is 0.0831 e. The second-order valence-corrected chi connectivity index (χ2v) is 6.52. The molecule has 0 saturated heterocycles. The SMILES string of the molecule is Cc1sc(Br)cc1C(O)C1CC1C. The zero-order valence-electron chi connectivity index (χ0n) is 7.75. The molecule has 13 heavy (non-hydrogen) atoms. The summed E-state index contributed by atoms with van der Waals surface area (Å²) in [6.45, 7) is 4.27. The number of hydrogen-bond acceptors (Lipinski definition) is 2. The number of thiophene rings is 1. The molecule has 1 fully saturated rings. The highest BCUT2D eigenvalue weighted by Gasteiger charge is 2.40. The lowest BCUT2D eigenvalue weighted by atomic mass is 10.1. The van der Waals surface area contributed by atoms with Gasteiger partial charge in [0.2, 0.25) is 0 Å². The first-order chi connectivity index (χ1) is 6.09. The molecule has 0 radical (unpaired) electrons. The van der Waals surface area contributed by atoms with Crippen LogP contribution in [0, 0.1) is 18.8 Å². The number of rotatable bonds is 2. The van der Waals surface area contributed by atoms with Gasteiger partial charge >= 0.3 is 0 Å². The van der Waals surface area contributed by atoms with Gasteiger partial charge in [0.25, 0.3) is 0 Å². The Morgan fingerprint density at radius 3 is 2.69 bits per heavy atom. The number of aryl methyl sites for hydroxylation is 1. The zero-order valence-corrected chi connectivity index (χ0v) is 10.2. The third kappa shape index (κ3) is 1.83. The van der Waals surface area contributed by atoms with Gasteiger partial charge in [-0.15, -0.1) is 11.3 Å². The summed E-state index contributed by atoms with van der Waals surface area (Å²) in [5.74, 6) is 1.20. The second-order valence-electron chi connectivity index (χ2n) is 3.88. The molecule has 0 bridgehead atoms. The second kappa shape index (κ2) is 3.37. The molecule has 1 aromatic rings. The fraction of sp³-hybridized carbons (Fsp3) is 0.600. The summed E-state index contributed by atoms with van der Waals surface area (Å²) in [5.41, 5.74) is 1.12. The predicted octanol–water partition coefficient (Wildman–Crippen LogP) is 3.51. The third-order valence-corrected chi connectivity index (χ3v) is 4.39. The molecule has 2 rings (SSSR count). The van der Waals surface area contributed by atoms with Gasteiger partial charge in [-0.1, -0.05) is 6.92 Å². The summed E-state index contributed by atoms with van der Waals surface area (Å²) in [4.78, 5) is 1.23. The van der Waals surface area contributed by atoms with E-state index in [0.717, 1.165) is 9.35 Å². The van der Waals surface area contributed by atoms with E-state index in [0.29, 0.717) is 11.8 Å². The van der Waals surface area contributed by atoms with E-state index < -0.39 is 0 Å². The Kier molecular flexibility index (Phi) is 2.51. The van der Waals surface area contributed by atoms with Crippen LogP contribution >= 0.6 is 27.3 Å². The van der Waals surface area contributed by atoms with Gasteiger partial charge in [0.05, 0.1) is 9.89 Å². The van der Waals surface area contributed by atoms with Crippen LogP contribution in [0.4, 0.5) is 0 Å². The van der Waals surface area contributed by atoms with Gasteiger partial charge < -0.3 is 5.11 Å². The van der Waals surface area contributed by atoms with Gasteiger partial charge in [0, 0.05) is 4.88 Å². The minimum Gasteiger partial charge on any atom is -0.388 e. The summed E-state index contributed by atoms with van der Waals surface area (Å²) < 4.78 is 1.12. The van der Waals surface area contributed by atoms with Crippen molar-refractivity contribution in [2.75, 3.05) is 0 Å². The summed E-state index contributed by atoms with van der Waals surface area (Å²) in [6.07, 6.45) is 0.936. The van der Waals surface area contributed by atoms with Crippen LogP contribution in [0.25, 0.3) is 0 Å². The Morgan fingerprint density at radius 2 is 2.31 bits per heavy atom. The molecule has 1 aliphatic carbocycles. The summed E-state index contributed by atoms with van der Waals surface area (Å²) in [5, 5.41) is 10.0. The third-order valence-electron chi connectivity index (χ3n) is 2.82. The molecule has 1 aromatic heterocycles. The van der Waals surface area contributed by atoms with Crippen LogP contribution in [0.3, 0.4) is 0 Å². The minimum absolute atomic E-state index is 0.238. The van der Waals surface area contributed by atoms with Gasteiger partial charge in [-0.2, -0.15) is 0 Å². The summed E-state index contributed by atoms with van der Waals surface area (Å²) >= 11 is 5.14. The smallest absolute Gasteiger partial charge is 0.0831 e. The molecule has 0 spiro atoms. The summed E-state index contributed by atoms with van der Waals surface area (Å²) in [6, 6.07) is 2.05. The Balaban J connectivity index is 2.19. The zero-order chi connectivity index (χ0) is 9.59. The van der Waals surface area contributed by atoms with Crippen molar-refractivity contribution in [3.8, 4) is 0 Å². The van der Waals surface area contributed by atoms with Gasteiger partial charge in [0.15, 0.2) is 0 Å². The maximum atomic E-state index is 10.0. The number of aliphatic hydroxyl groups is 1. The molecule has 1 nitrogen and oxygen atoms in total. The van der Waals surface area contributed by atoms with Crippen molar-refractivity contribution in [3.05, 3.63) is 20.3 Å². The van der Waals surface area contributed by atoms with Crippen LogP contribution in [0.15, 0.2) is 9.85 Å². The van der Waals surface area contributed by atoms with Crippen molar-refractivity contribution >= 4 is 27.3 Å². The highest BCUT2D eigenvalue weighted by molar-refractivity contribution is 9.11. The van der Waals surface area contributed by atoms with E-state index in [-0.39, 0.29) is 6.10 Å². The molecule has 1 heterocycles. The van der Waals surface area contributed by atoms with E-state index in [1.165, 1.54) is 11.3 Å². The van der Waals surface area contributed by atoms with Gasteiger partial charge in [-0.3, -0.25) is 0 Å². The van der Waals surface area contributed by atoms with E-state index >= 15 is 0 Å². The van der Waals surface area contributed by atoms with Gasteiger partial charge in [0.1, 0.15) is 0 Å². The largest absolute Gasteiger partial charge is 0.388 e. The van der Waals surface area contributed by atoms with Gasteiger partial charge in [-0.05, 0) is 52.7 Å². The average molecular weight is 261 g/mol. The molecule has 3 atom stereocenters. The molecule has 72 valence electrons.